The fourth-order valence-corrected chi connectivity index (χ4v) is 2.90. The van der Waals surface area contributed by atoms with Gasteiger partial charge in [0.1, 0.15) is 5.60 Å². The van der Waals surface area contributed by atoms with Gasteiger partial charge >= 0.3 is 6.09 Å². The van der Waals surface area contributed by atoms with E-state index in [4.69, 9.17) is 9.47 Å². The summed E-state index contributed by atoms with van der Waals surface area (Å²) in [7, 11) is 1.69. The molecular formula is C14H23NO3. The van der Waals surface area contributed by atoms with E-state index in [2.05, 4.69) is 0 Å². The largest absolute Gasteiger partial charge is 0.504 e. The second-order valence-corrected chi connectivity index (χ2v) is 6.33. The molecule has 1 aliphatic carbocycles. The number of carbonyl (C=O) groups is 1. The summed E-state index contributed by atoms with van der Waals surface area (Å²) in [5.74, 6) is 1.16. The molecule has 0 spiro atoms. The van der Waals surface area contributed by atoms with Crippen molar-refractivity contribution in [1.29, 1.82) is 0 Å². The fourth-order valence-electron chi connectivity index (χ4n) is 2.90. The average molecular weight is 253 g/mol. The Morgan fingerprint density at radius 3 is 2.28 bits per heavy atom. The highest BCUT2D eigenvalue weighted by molar-refractivity contribution is 5.68. The molecule has 1 amide bonds. The van der Waals surface area contributed by atoms with Gasteiger partial charge in [0.2, 0.25) is 0 Å². The first-order valence-electron chi connectivity index (χ1n) is 6.57. The zero-order chi connectivity index (χ0) is 13.3. The first kappa shape index (κ1) is 13.2. The molecule has 0 aromatic heterocycles. The Bertz CT molecular complexity index is 341. The summed E-state index contributed by atoms with van der Waals surface area (Å²) < 4.78 is 10.5. The minimum Gasteiger partial charge on any atom is -0.504 e. The Kier molecular flexibility index (Phi) is 3.55. The fraction of sp³-hybridized carbons (Fsp3) is 0.786. The molecular weight excluding hydrogens is 230 g/mol. The van der Waals surface area contributed by atoms with Gasteiger partial charge in [-0.25, -0.2) is 4.79 Å². The van der Waals surface area contributed by atoms with Crippen molar-refractivity contribution in [3.8, 4) is 0 Å². The van der Waals surface area contributed by atoms with E-state index >= 15 is 0 Å². The first-order chi connectivity index (χ1) is 8.39. The van der Waals surface area contributed by atoms with Crippen LogP contribution in [0.1, 0.15) is 33.6 Å². The minimum absolute atomic E-state index is 0.172. The van der Waals surface area contributed by atoms with Gasteiger partial charge in [-0.1, -0.05) is 0 Å². The molecule has 0 unspecified atom stereocenters. The number of rotatable bonds is 1. The molecule has 102 valence electrons. The highest BCUT2D eigenvalue weighted by atomic mass is 16.6. The SMILES string of the molecule is COC=C1C[C@@H]2CN(C(=O)OC(C)(C)C)C[C@@H]2C1. The number of hydrogen-bond acceptors (Lipinski definition) is 3. The average Bonchev–Trinajstić information content (AvgIpc) is 2.72. The van der Waals surface area contributed by atoms with Crippen molar-refractivity contribution < 1.29 is 14.3 Å². The van der Waals surface area contributed by atoms with Gasteiger partial charge in [-0.05, 0) is 51.0 Å². The molecule has 1 heterocycles. The third-order valence-corrected chi connectivity index (χ3v) is 3.56. The van der Waals surface area contributed by atoms with E-state index in [-0.39, 0.29) is 6.09 Å². The highest BCUT2D eigenvalue weighted by Crippen LogP contribution is 2.41. The number of likely N-dealkylation sites (tertiary alicyclic amines) is 1. The third kappa shape index (κ3) is 2.98. The number of fused-ring (bicyclic) bond motifs is 1. The number of ether oxygens (including phenoxy) is 2. The number of allylic oxidation sites excluding steroid dienone is 1. The molecule has 18 heavy (non-hydrogen) atoms. The lowest BCUT2D eigenvalue weighted by Crippen LogP contribution is -2.35. The predicted molar refractivity (Wildman–Crippen MR) is 69.1 cm³/mol. The number of methoxy groups -OCH3 is 1. The van der Waals surface area contributed by atoms with Crippen LogP contribution >= 0.6 is 0 Å². The van der Waals surface area contributed by atoms with Gasteiger partial charge in [0, 0.05) is 13.1 Å². The van der Waals surface area contributed by atoms with Crippen molar-refractivity contribution in [3.63, 3.8) is 0 Å². The molecule has 0 N–H and O–H groups in total. The molecule has 4 heteroatoms. The van der Waals surface area contributed by atoms with Crippen molar-refractivity contribution in [1.82, 2.24) is 4.90 Å². The van der Waals surface area contributed by atoms with Crippen LogP contribution in [0, 0.1) is 11.8 Å². The second kappa shape index (κ2) is 4.82. The molecule has 0 aromatic rings. The summed E-state index contributed by atoms with van der Waals surface area (Å²) in [6, 6.07) is 0. The monoisotopic (exact) mass is 253 g/mol. The van der Waals surface area contributed by atoms with Crippen molar-refractivity contribution >= 4 is 6.09 Å². The topological polar surface area (TPSA) is 38.8 Å². The van der Waals surface area contributed by atoms with Crippen LogP contribution < -0.4 is 0 Å². The van der Waals surface area contributed by atoms with Gasteiger partial charge < -0.3 is 14.4 Å². The van der Waals surface area contributed by atoms with Gasteiger partial charge in [0.25, 0.3) is 0 Å². The van der Waals surface area contributed by atoms with E-state index in [9.17, 15) is 4.79 Å². The summed E-state index contributed by atoms with van der Waals surface area (Å²) >= 11 is 0. The van der Waals surface area contributed by atoms with Crippen LogP contribution in [0.15, 0.2) is 11.8 Å². The first-order valence-corrected chi connectivity index (χ1v) is 6.57. The normalized spacial score (nSPS) is 29.6. The van der Waals surface area contributed by atoms with Gasteiger partial charge in [-0.2, -0.15) is 0 Å². The van der Waals surface area contributed by atoms with Crippen molar-refractivity contribution in [2.45, 2.75) is 39.2 Å². The van der Waals surface area contributed by atoms with Crippen molar-refractivity contribution in [2.75, 3.05) is 20.2 Å². The van der Waals surface area contributed by atoms with Gasteiger partial charge in [0.15, 0.2) is 0 Å². The quantitative estimate of drug-likeness (QED) is 0.674. The molecule has 1 saturated heterocycles. The van der Waals surface area contributed by atoms with Crippen LogP contribution in [0.25, 0.3) is 0 Å². The summed E-state index contributed by atoms with van der Waals surface area (Å²) in [6.07, 6.45) is 3.79. The number of hydrogen-bond donors (Lipinski definition) is 0. The molecule has 0 radical (unpaired) electrons. The molecule has 2 rings (SSSR count). The predicted octanol–water partition coefficient (Wildman–Crippen LogP) is 2.79. The van der Waals surface area contributed by atoms with E-state index in [0.29, 0.717) is 11.8 Å². The van der Waals surface area contributed by atoms with E-state index < -0.39 is 5.60 Å². The molecule has 2 aliphatic rings. The summed E-state index contributed by atoms with van der Waals surface area (Å²) in [5.41, 5.74) is 0.965. The Morgan fingerprint density at radius 1 is 1.28 bits per heavy atom. The number of nitrogens with zero attached hydrogens (tertiary/aromatic N) is 1. The lowest BCUT2D eigenvalue weighted by atomic mass is 10.0. The maximum atomic E-state index is 12.0. The number of amides is 1. The summed E-state index contributed by atoms with van der Waals surface area (Å²) in [6.45, 7) is 7.35. The van der Waals surface area contributed by atoms with Crippen molar-refractivity contribution in [2.24, 2.45) is 11.8 Å². The van der Waals surface area contributed by atoms with Gasteiger partial charge in [-0.15, -0.1) is 0 Å². The van der Waals surface area contributed by atoms with Crippen LogP contribution in [0.2, 0.25) is 0 Å². The molecule has 2 atom stereocenters. The smallest absolute Gasteiger partial charge is 0.410 e. The molecule has 1 saturated carbocycles. The second-order valence-electron chi connectivity index (χ2n) is 6.33. The summed E-state index contributed by atoms with van der Waals surface area (Å²) in [5, 5.41) is 0. The standard InChI is InChI=1S/C14H23NO3/c1-14(2,3)18-13(16)15-7-11-5-10(9-17-4)6-12(11)8-15/h9,11-12H,5-8H2,1-4H3/t11-,12+. The van der Waals surface area contributed by atoms with Crippen LogP contribution in [0.5, 0.6) is 0 Å². The minimum atomic E-state index is -0.407. The molecule has 0 aromatic carbocycles. The lowest BCUT2D eigenvalue weighted by molar-refractivity contribution is 0.0282. The van der Waals surface area contributed by atoms with Crippen molar-refractivity contribution in [3.05, 3.63) is 11.8 Å². The zero-order valence-electron chi connectivity index (χ0n) is 11.7. The van der Waals surface area contributed by atoms with E-state index in [1.807, 2.05) is 31.9 Å². The van der Waals surface area contributed by atoms with E-state index in [0.717, 1.165) is 25.9 Å². The Labute approximate surface area is 109 Å². The zero-order valence-corrected chi connectivity index (χ0v) is 11.7. The highest BCUT2D eigenvalue weighted by Gasteiger charge is 2.41. The Morgan fingerprint density at radius 2 is 1.83 bits per heavy atom. The molecule has 1 aliphatic heterocycles. The summed E-state index contributed by atoms with van der Waals surface area (Å²) in [4.78, 5) is 13.8. The Hall–Kier alpha value is -1.19. The number of carbonyl (C=O) groups excluding carboxylic acids is 1. The Balaban J connectivity index is 1.89. The maximum Gasteiger partial charge on any atom is 0.410 e. The van der Waals surface area contributed by atoms with E-state index in [1.54, 1.807) is 7.11 Å². The molecule has 2 fully saturated rings. The molecule has 4 nitrogen and oxygen atoms in total. The maximum absolute atomic E-state index is 12.0. The van der Waals surface area contributed by atoms with Crippen LogP contribution in [0.4, 0.5) is 4.79 Å². The van der Waals surface area contributed by atoms with Crippen LogP contribution in [-0.4, -0.2) is 36.8 Å². The van der Waals surface area contributed by atoms with Gasteiger partial charge in [0.05, 0.1) is 13.4 Å². The van der Waals surface area contributed by atoms with E-state index in [1.165, 1.54) is 5.57 Å². The third-order valence-electron chi connectivity index (χ3n) is 3.56. The molecule has 0 bridgehead atoms. The van der Waals surface area contributed by atoms with Crippen LogP contribution in [-0.2, 0) is 9.47 Å². The van der Waals surface area contributed by atoms with Crippen LogP contribution in [0.3, 0.4) is 0 Å². The van der Waals surface area contributed by atoms with Gasteiger partial charge in [-0.3, -0.25) is 0 Å². The lowest BCUT2D eigenvalue weighted by Gasteiger charge is -2.24.